The summed E-state index contributed by atoms with van der Waals surface area (Å²) in [6.45, 7) is 5.42. The van der Waals surface area contributed by atoms with Crippen molar-refractivity contribution in [3.8, 4) is 0 Å². The van der Waals surface area contributed by atoms with Gasteiger partial charge in [0.1, 0.15) is 0 Å². The molecule has 0 aliphatic rings. The Kier molecular flexibility index (Phi) is 4.95. The molecule has 0 bridgehead atoms. The Bertz CT molecular complexity index is 351. The van der Waals surface area contributed by atoms with Crippen LogP contribution < -0.4 is 11.3 Å². The van der Waals surface area contributed by atoms with Crippen LogP contribution in [0.4, 0.5) is 0 Å². The predicted octanol–water partition coefficient (Wildman–Crippen LogP) is 1.46. The zero-order valence-corrected chi connectivity index (χ0v) is 9.69. The maximum atomic E-state index is 11.3. The van der Waals surface area contributed by atoms with Gasteiger partial charge in [0.2, 0.25) is 0 Å². The smallest absolute Gasteiger partial charge is 0.265 e. The van der Waals surface area contributed by atoms with E-state index < -0.39 is 0 Å². The lowest BCUT2D eigenvalue weighted by atomic mass is 10.1. The molecule has 0 saturated carbocycles. The Morgan fingerprint density at radius 3 is 2.88 bits per heavy atom. The van der Waals surface area contributed by atoms with Crippen LogP contribution in [0.3, 0.4) is 0 Å². The monoisotopic (exact) mass is 222 g/mol. The van der Waals surface area contributed by atoms with E-state index in [1.807, 2.05) is 12.1 Å². The number of nitrogen functional groups attached to an aromatic ring is 1. The molecule has 0 unspecified atom stereocenters. The summed E-state index contributed by atoms with van der Waals surface area (Å²) < 4.78 is 5.49. The molecule has 0 aromatic heterocycles. The molecule has 0 heterocycles. The maximum absolute atomic E-state index is 11.3. The van der Waals surface area contributed by atoms with E-state index in [1.165, 1.54) is 0 Å². The molecule has 0 spiro atoms. The summed E-state index contributed by atoms with van der Waals surface area (Å²) in [5.74, 6) is 5.29. The molecule has 4 heteroatoms. The largest absolute Gasteiger partial charge is 0.377 e. The number of carbonyl (C=O) groups excluding carboxylic acids is 1. The highest BCUT2D eigenvalue weighted by Crippen LogP contribution is 2.07. The van der Waals surface area contributed by atoms with Gasteiger partial charge in [0.05, 0.1) is 6.61 Å². The van der Waals surface area contributed by atoms with Crippen LogP contribution in [-0.2, 0) is 11.3 Å². The third kappa shape index (κ3) is 4.00. The van der Waals surface area contributed by atoms with Gasteiger partial charge < -0.3 is 4.74 Å². The third-order valence-electron chi connectivity index (χ3n) is 2.04. The highest BCUT2D eigenvalue weighted by atomic mass is 16.5. The number of benzene rings is 1. The second-order valence-electron chi connectivity index (χ2n) is 4.08. The fraction of sp³-hybridized carbons (Fsp3) is 0.417. The predicted molar refractivity (Wildman–Crippen MR) is 62.6 cm³/mol. The first-order chi connectivity index (χ1) is 7.63. The molecular weight excluding hydrogens is 204 g/mol. The Labute approximate surface area is 95.8 Å². The number of amides is 1. The van der Waals surface area contributed by atoms with Gasteiger partial charge in [-0.2, -0.15) is 0 Å². The van der Waals surface area contributed by atoms with Gasteiger partial charge in [-0.05, 0) is 23.6 Å². The molecule has 0 saturated heterocycles. The van der Waals surface area contributed by atoms with Gasteiger partial charge in [0.15, 0.2) is 0 Å². The van der Waals surface area contributed by atoms with Crippen molar-refractivity contribution in [1.82, 2.24) is 5.43 Å². The zero-order chi connectivity index (χ0) is 12.0. The average Bonchev–Trinajstić information content (AvgIpc) is 2.28. The van der Waals surface area contributed by atoms with Gasteiger partial charge >= 0.3 is 0 Å². The number of hydrogen-bond donors (Lipinski definition) is 2. The van der Waals surface area contributed by atoms with E-state index in [0.29, 0.717) is 24.7 Å². The van der Waals surface area contributed by atoms with E-state index in [-0.39, 0.29) is 5.91 Å². The molecule has 1 aromatic carbocycles. The van der Waals surface area contributed by atoms with Crippen LogP contribution >= 0.6 is 0 Å². The maximum Gasteiger partial charge on any atom is 0.265 e. The molecule has 4 nitrogen and oxygen atoms in total. The number of nitrogens with one attached hydrogen (secondary N) is 1. The molecule has 0 aliphatic carbocycles. The van der Waals surface area contributed by atoms with Gasteiger partial charge in [-0.3, -0.25) is 10.2 Å². The second-order valence-corrected chi connectivity index (χ2v) is 4.08. The molecule has 16 heavy (non-hydrogen) atoms. The number of hydrogen-bond acceptors (Lipinski definition) is 3. The van der Waals surface area contributed by atoms with Crippen molar-refractivity contribution >= 4 is 5.91 Å². The molecule has 0 radical (unpaired) electrons. The summed E-state index contributed by atoms with van der Waals surface area (Å²) in [6, 6.07) is 7.24. The normalized spacial score (nSPS) is 10.5. The van der Waals surface area contributed by atoms with Crippen molar-refractivity contribution in [2.45, 2.75) is 20.5 Å². The second kappa shape index (κ2) is 6.25. The standard InChI is InChI=1S/C12H18N2O2/c1-9(2)7-16-8-10-4-3-5-11(6-10)12(15)14-13/h3-6,9H,7-8,13H2,1-2H3,(H,14,15). The summed E-state index contributed by atoms with van der Waals surface area (Å²) in [5.41, 5.74) is 3.63. The SMILES string of the molecule is CC(C)COCc1cccc(C(=O)NN)c1. The first-order valence-electron chi connectivity index (χ1n) is 5.31. The summed E-state index contributed by atoms with van der Waals surface area (Å²) in [7, 11) is 0. The molecule has 0 fully saturated rings. The van der Waals surface area contributed by atoms with Crippen molar-refractivity contribution < 1.29 is 9.53 Å². The first-order valence-corrected chi connectivity index (χ1v) is 5.31. The van der Waals surface area contributed by atoms with E-state index in [1.54, 1.807) is 12.1 Å². The van der Waals surface area contributed by atoms with Crippen LogP contribution in [0, 0.1) is 5.92 Å². The Morgan fingerprint density at radius 2 is 2.25 bits per heavy atom. The number of ether oxygens (including phenoxy) is 1. The first kappa shape index (κ1) is 12.7. The fourth-order valence-electron chi connectivity index (χ4n) is 1.30. The van der Waals surface area contributed by atoms with E-state index in [4.69, 9.17) is 10.6 Å². The van der Waals surface area contributed by atoms with Gasteiger partial charge in [0.25, 0.3) is 5.91 Å². The van der Waals surface area contributed by atoms with Crippen molar-refractivity contribution in [1.29, 1.82) is 0 Å². The highest BCUT2D eigenvalue weighted by molar-refractivity contribution is 5.93. The van der Waals surface area contributed by atoms with Crippen molar-refractivity contribution in [3.05, 3.63) is 35.4 Å². The third-order valence-corrected chi connectivity index (χ3v) is 2.04. The Morgan fingerprint density at radius 1 is 1.50 bits per heavy atom. The Hall–Kier alpha value is -1.39. The van der Waals surface area contributed by atoms with Crippen LogP contribution in [0.15, 0.2) is 24.3 Å². The number of hydrazine groups is 1. The topological polar surface area (TPSA) is 64.3 Å². The fourth-order valence-corrected chi connectivity index (χ4v) is 1.30. The highest BCUT2D eigenvalue weighted by Gasteiger charge is 2.04. The van der Waals surface area contributed by atoms with Crippen molar-refractivity contribution in [2.24, 2.45) is 11.8 Å². The molecule has 0 aliphatic heterocycles. The molecule has 3 N–H and O–H groups in total. The van der Waals surface area contributed by atoms with E-state index >= 15 is 0 Å². The lowest BCUT2D eigenvalue weighted by molar-refractivity contribution is 0.0945. The van der Waals surface area contributed by atoms with E-state index in [2.05, 4.69) is 19.3 Å². The minimum absolute atomic E-state index is 0.286. The van der Waals surface area contributed by atoms with Crippen molar-refractivity contribution in [2.75, 3.05) is 6.61 Å². The van der Waals surface area contributed by atoms with Gasteiger partial charge in [-0.15, -0.1) is 0 Å². The lowest BCUT2D eigenvalue weighted by Gasteiger charge is -2.07. The van der Waals surface area contributed by atoms with Crippen LogP contribution in [0.25, 0.3) is 0 Å². The van der Waals surface area contributed by atoms with Crippen LogP contribution in [0.1, 0.15) is 29.8 Å². The molecule has 1 rings (SSSR count). The molecule has 1 aromatic rings. The average molecular weight is 222 g/mol. The number of nitrogens with two attached hydrogens (primary N) is 1. The van der Waals surface area contributed by atoms with Gasteiger partial charge in [-0.25, -0.2) is 5.84 Å². The minimum atomic E-state index is -0.286. The zero-order valence-electron chi connectivity index (χ0n) is 9.69. The molecule has 0 atom stereocenters. The summed E-state index contributed by atoms with van der Waals surface area (Å²) >= 11 is 0. The van der Waals surface area contributed by atoms with Gasteiger partial charge in [0, 0.05) is 12.2 Å². The van der Waals surface area contributed by atoms with E-state index in [0.717, 1.165) is 5.56 Å². The molecular formula is C12H18N2O2. The van der Waals surface area contributed by atoms with Gasteiger partial charge in [-0.1, -0.05) is 26.0 Å². The number of carbonyl (C=O) groups is 1. The summed E-state index contributed by atoms with van der Waals surface area (Å²) in [4.78, 5) is 11.3. The quantitative estimate of drug-likeness (QED) is 0.450. The van der Waals surface area contributed by atoms with Crippen LogP contribution in [0.2, 0.25) is 0 Å². The Balaban J connectivity index is 2.57. The van der Waals surface area contributed by atoms with Crippen LogP contribution in [0.5, 0.6) is 0 Å². The molecule has 88 valence electrons. The molecule has 1 amide bonds. The van der Waals surface area contributed by atoms with Crippen LogP contribution in [-0.4, -0.2) is 12.5 Å². The summed E-state index contributed by atoms with van der Waals surface area (Å²) in [6.07, 6.45) is 0. The minimum Gasteiger partial charge on any atom is -0.377 e. The van der Waals surface area contributed by atoms with E-state index in [9.17, 15) is 4.79 Å². The number of rotatable bonds is 5. The lowest BCUT2D eigenvalue weighted by Crippen LogP contribution is -2.30. The van der Waals surface area contributed by atoms with Crippen molar-refractivity contribution in [3.63, 3.8) is 0 Å². The summed E-state index contributed by atoms with van der Waals surface area (Å²) in [5, 5.41) is 0.